The Hall–Kier alpha value is -1.60. The number of aliphatic hydroxyl groups excluding tert-OH is 1. The van der Waals surface area contributed by atoms with Crippen LogP contribution in [0.4, 0.5) is 13.2 Å². The summed E-state index contributed by atoms with van der Waals surface area (Å²) in [6.45, 7) is 0.169. The molecule has 1 heterocycles. The number of amides is 1. The maximum absolute atomic E-state index is 12.2. The number of nitrogens with zero attached hydrogens (tertiary/aromatic N) is 1. The number of piperidine rings is 1. The van der Waals surface area contributed by atoms with E-state index in [2.05, 4.69) is 0 Å². The van der Waals surface area contributed by atoms with Crippen molar-refractivity contribution in [2.24, 2.45) is 5.92 Å². The minimum absolute atomic E-state index is 0.368. The smallest absolute Gasteiger partial charge is 0.387 e. The number of carbonyl (C=O) groups is 1. The Morgan fingerprint density at radius 1 is 1.35 bits per heavy atom. The van der Waals surface area contributed by atoms with E-state index in [4.69, 9.17) is 0 Å². The minimum Gasteiger partial charge on any atom is -0.387 e. The summed E-state index contributed by atoms with van der Waals surface area (Å²) in [5.41, 5.74) is 0.788. The van der Waals surface area contributed by atoms with Crippen LogP contribution in [0.25, 0.3) is 0 Å². The zero-order chi connectivity index (χ0) is 16.9. The highest BCUT2D eigenvalue weighted by Crippen LogP contribution is 2.21. The fraction of sp³-hybridized carbons (Fsp3) is 0.562. The number of β-amino-alcohol motifs (C(OH)–C–C–N with tert-alkyl or cyclic N) is 1. The highest BCUT2D eigenvalue weighted by molar-refractivity contribution is 5.79. The van der Waals surface area contributed by atoms with Gasteiger partial charge in [-0.1, -0.05) is 30.3 Å². The third-order valence-corrected chi connectivity index (χ3v) is 3.95. The normalized spacial score (nSPS) is 21.0. The van der Waals surface area contributed by atoms with Crippen molar-refractivity contribution in [1.82, 2.24) is 10.2 Å². The number of nitrogens with one attached hydrogen (secondary N) is 1. The van der Waals surface area contributed by atoms with Gasteiger partial charge in [-0.3, -0.25) is 9.69 Å². The molecule has 1 aromatic carbocycles. The van der Waals surface area contributed by atoms with Crippen LogP contribution in [0.2, 0.25) is 0 Å². The van der Waals surface area contributed by atoms with E-state index in [0.717, 1.165) is 18.5 Å². The summed E-state index contributed by atoms with van der Waals surface area (Å²) < 4.78 is 36.5. The van der Waals surface area contributed by atoms with Gasteiger partial charge >= 0.3 is 6.18 Å². The lowest BCUT2D eigenvalue weighted by Crippen LogP contribution is -2.46. The lowest BCUT2D eigenvalue weighted by molar-refractivity contribution is -0.141. The van der Waals surface area contributed by atoms with Crippen LogP contribution >= 0.6 is 0 Å². The van der Waals surface area contributed by atoms with Gasteiger partial charge in [0.15, 0.2) is 0 Å². The van der Waals surface area contributed by atoms with Gasteiger partial charge in [0, 0.05) is 13.1 Å². The monoisotopic (exact) mass is 330 g/mol. The average molecular weight is 330 g/mol. The maximum Gasteiger partial charge on any atom is 0.405 e. The standard InChI is InChI=1S/C16H21F3N2O2/c17-16(18,19)11-20-15(23)13-7-4-8-21(9-13)10-14(22)12-5-2-1-3-6-12/h1-3,5-6,13-14,22H,4,7-11H2,(H,20,23). The second kappa shape index (κ2) is 7.79. The third kappa shape index (κ3) is 5.84. The Balaban J connectivity index is 1.84. The number of carbonyl (C=O) groups excluding carboxylic acids is 1. The molecule has 0 spiro atoms. The van der Waals surface area contributed by atoms with Gasteiger partial charge in [-0.2, -0.15) is 13.2 Å². The first kappa shape index (κ1) is 17.7. The number of alkyl halides is 3. The van der Waals surface area contributed by atoms with E-state index >= 15 is 0 Å². The molecule has 2 N–H and O–H groups in total. The summed E-state index contributed by atoms with van der Waals surface area (Å²) in [7, 11) is 0. The maximum atomic E-state index is 12.2. The van der Waals surface area contributed by atoms with E-state index in [9.17, 15) is 23.1 Å². The molecule has 4 nitrogen and oxygen atoms in total. The number of benzene rings is 1. The Morgan fingerprint density at radius 3 is 2.70 bits per heavy atom. The molecule has 0 aliphatic carbocycles. The molecule has 1 aromatic rings. The molecule has 7 heteroatoms. The SMILES string of the molecule is O=C(NCC(F)(F)F)C1CCCN(CC(O)c2ccccc2)C1. The summed E-state index contributed by atoms with van der Waals surface area (Å²) in [6, 6.07) is 9.17. The number of halogens is 3. The molecule has 0 aromatic heterocycles. The number of aliphatic hydroxyl groups is 1. The molecular weight excluding hydrogens is 309 g/mol. The molecule has 1 fully saturated rings. The molecule has 1 amide bonds. The van der Waals surface area contributed by atoms with Gasteiger partial charge in [0.2, 0.25) is 5.91 Å². The predicted molar refractivity (Wildman–Crippen MR) is 79.6 cm³/mol. The summed E-state index contributed by atoms with van der Waals surface area (Å²) in [5.74, 6) is -1.03. The van der Waals surface area contributed by atoms with Gasteiger partial charge in [0.25, 0.3) is 0 Å². The van der Waals surface area contributed by atoms with Gasteiger partial charge in [-0.25, -0.2) is 0 Å². The van der Waals surface area contributed by atoms with Gasteiger partial charge < -0.3 is 10.4 Å². The molecule has 0 radical (unpaired) electrons. The van der Waals surface area contributed by atoms with Crippen molar-refractivity contribution in [2.45, 2.75) is 25.1 Å². The van der Waals surface area contributed by atoms with Crippen molar-refractivity contribution in [3.8, 4) is 0 Å². The molecule has 1 aliphatic rings. The number of rotatable bonds is 5. The summed E-state index contributed by atoms with van der Waals surface area (Å²) in [4.78, 5) is 13.8. The Bertz CT molecular complexity index is 508. The molecule has 2 unspecified atom stereocenters. The lowest BCUT2D eigenvalue weighted by atomic mass is 9.96. The van der Waals surface area contributed by atoms with Crippen LogP contribution in [0, 0.1) is 5.92 Å². The first-order valence-corrected chi connectivity index (χ1v) is 7.65. The molecule has 23 heavy (non-hydrogen) atoms. The zero-order valence-corrected chi connectivity index (χ0v) is 12.7. The molecule has 2 atom stereocenters. The van der Waals surface area contributed by atoms with Crippen molar-refractivity contribution >= 4 is 5.91 Å². The Kier molecular flexibility index (Phi) is 6.01. The fourth-order valence-electron chi connectivity index (χ4n) is 2.79. The van der Waals surface area contributed by atoms with Crippen LogP contribution in [0.3, 0.4) is 0 Å². The lowest BCUT2D eigenvalue weighted by Gasteiger charge is -2.33. The number of hydrogen-bond donors (Lipinski definition) is 2. The number of likely N-dealkylation sites (tertiary alicyclic amines) is 1. The Morgan fingerprint density at radius 2 is 2.04 bits per heavy atom. The van der Waals surface area contributed by atoms with Crippen molar-refractivity contribution < 1.29 is 23.1 Å². The topological polar surface area (TPSA) is 52.6 Å². The third-order valence-electron chi connectivity index (χ3n) is 3.95. The zero-order valence-electron chi connectivity index (χ0n) is 12.7. The van der Waals surface area contributed by atoms with E-state index in [1.54, 1.807) is 0 Å². The molecule has 128 valence electrons. The second-order valence-electron chi connectivity index (χ2n) is 5.86. The minimum atomic E-state index is -4.40. The van der Waals surface area contributed by atoms with Crippen LogP contribution < -0.4 is 5.32 Å². The summed E-state index contributed by atoms with van der Waals surface area (Å²) >= 11 is 0. The predicted octanol–water partition coefficient (Wildman–Crippen LogP) is 2.11. The van der Waals surface area contributed by atoms with E-state index in [0.29, 0.717) is 19.5 Å². The van der Waals surface area contributed by atoms with Gasteiger partial charge in [-0.15, -0.1) is 0 Å². The summed E-state index contributed by atoms with van der Waals surface area (Å²) in [5, 5.41) is 12.2. The van der Waals surface area contributed by atoms with Gasteiger partial charge in [-0.05, 0) is 24.9 Å². The molecular formula is C16H21F3N2O2. The quantitative estimate of drug-likeness (QED) is 0.869. The molecule has 1 aliphatic heterocycles. The van der Waals surface area contributed by atoms with Crippen LogP contribution in [-0.4, -0.2) is 48.3 Å². The fourth-order valence-corrected chi connectivity index (χ4v) is 2.79. The largest absolute Gasteiger partial charge is 0.405 e. The van der Waals surface area contributed by atoms with Crippen LogP contribution in [-0.2, 0) is 4.79 Å². The van der Waals surface area contributed by atoms with Crippen molar-refractivity contribution in [1.29, 1.82) is 0 Å². The first-order chi connectivity index (χ1) is 10.8. The van der Waals surface area contributed by atoms with Crippen LogP contribution in [0.15, 0.2) is 30.3 Å². The average Bonchev–Trinajstić information content (AvgIpc) is 2.53. The van der Waals surface area contributed by atoms with Gasteiger partial charge in [0.1, 0.15) is 6.54 Å². The summed E-state index contributed by atoms with van der Waals surface area (Å²) in [6.07, 6.45) is -3.77. The van der Waals surface area contributed by atoms with Crippen LogP contribution in [0.5, 0.6) is 0 Å². The second-order valence-corrected chi connectivity index (χ2v) is 5.86. The van der Waals surface area contributed by atoms with Crippen LogP contribution in [0.1, 0.15) is 24.5 Å². The van der Waals surface area contributed by atoms with Crippen molar-refractivity contribution in [2.75, 3.05) is 26.2 Å². The van der Waals surface area contributed by atoms with Crippen molar-refractivity contribution in [3.63, 3.8) is 0 Å². The van der Waals surface area contributed by atoms with E-state index in [1.807, 2.05) is 40.5 Å². The molecule has 0 bridgehead atoms. The molecule has 1 saturated heterocycles. The van der Waals surface area contributed by atoms with Crippen molar-refractivity contribution in [3.05, 3.63) is 35.9 Å². The first-order valence-electron chi connectivity index (χ1n) is 7.65. The molecule has 2 rings (SSSR count). The van der Waals surface area contributed by atoms with E-state index < -0.39 is 30.7 Å². The highest BCUT2D eigenvalue weighted by Gasteiger charge is 2.31. The highest BCUT2D eigenvalue weighted by atomic mass is 19.4. The van der Waals surface area contributed by atoms with Gasteiger partial charge in [0.05, 0.1) is 12.0 Å². The van der Waals surface area contributed by atoms with E-state index in [-0.39, 0.29) is 0 Å². The molecule has 0 saturated carbocycles. The van der Waals surface area contributed by atoms with E-state index in [1.165, 1.54) is 0 Å². The Labute approximate surface area is 133 Å². The number of hydrogen-bond acceptors (Lipinski definition) is 3.